The van der Waals surface area contributed by atoms with Gasteiger partial charge in [0.1, 0.15) is 54.1 Å². The second-order valence-corrected chi connectivity index (χ2v) is 11.5. The second kappa shape index (κ2) is 16.5. The number of aliphatic hydroxyl groups excluding tert-OH is 3. The molecular formula is C33H41N3O12. The van der Waals surface area contributed by atoms with Crippen LogP contribution in [0.3, 0.4) is 0 Å². The maximum atomic E-state index is 13.9. The number of aliphatic hydroxyl groups is 4. The summed E-state index contributed by atoms with van der Waals surface area (Å²) in [6, 6.07) is 10.5. The summed E-state index contributed by atoms with van der Waals surface area (Å²) < 4.78 is 16.0. The number of aromatic hydroxyl groups is 1. The highest BCUT2D eigenvalue weighted by molar-refractivity contribution is 5.90. The number of phenolic OH excluding ortho intramolecular Hbond substituents is 1. The number of carbonyl (C=O) groups excluding carboxylic acids is 3. The van der Waals surface area contributed by atoms with E-state index in [-0.39, 0.29) is 31.1 Å². The molecular weight excluding hydrogens is 630 g/mol. The van der Waals surface area contributed by atoms with Crippen molar-refractivity contribution in [3.8, 4) is 5.75 Å². The molecule has 0 bridgehead atoms. The van der Waals surface area contributed by atoms with Crippen LogP contribution in [0.15, 0.2) is 77.4 Å². The molecule has 2 amide bonds. The summed E-state index contributed by atoms with van der Waals surface area (Å²) in [5.41, 5.74) is -1.53. The van der Waals surface area contributed by atoms with E-state index in [0.717, 1.165) is 0 Å². The third-order valence-corrected chi connectivity index (χ3v) is 8.16. The molecule has 15 nitrogen and oxygen atoms in total. The van der Waals surface area contributed by atoms with E-state index in [1.165, 1.54) is 42.7 Å². The van der Waals surface area contributed by atoms with E-state index < -0.39 is 66.6 Å². The number of nitrogens with zero attached hydrogens (tertiary/aromatic N) is 1. The molecule has 7 atom stereocenters. The Bertz CT molecular complexity index is 1470. The maximum Gasteiger partial charge on any atom is 0.408 e. The molecule has 2 aromatic carbocycles. The number of hydroxylamine groups is 2. The molecule has 1 fully saturated rings. The van der Waals surface area contributed by atoms with E-state index in [2.05, 4.69) is 10.6 Å². The summed E-state index contributed by atoms with van der Waals surface area (Å²) in [6.07, 6.45) is -3.09. The minimum Gasteiger partial charge on any atom is -0.508 e. The Labute approximate surface area is 276 Å². The van der Waals surface area contributed by atoms with Crippen molar-refractivity contribution >= 4 is 18.0 Å². The molecule has 1 aromatic heterocycles. The molecule has 1 saturated heterocycles. The van der Waals surface area contributed by atoms with Gasteiger partial charge in [-0.3, -0.25) is 4.79 Å². The summed E-state index contributed by atoms with van der Waals surface area (Å²) in [4.78, 5) is 40.4. The number of furan rings is 1. The van der Waals surface area contributed by atoms with Gasteiger partial charge in [-0.05, 0) is 41.8 Å². The van der Waals surface area contributed by atoms with Crippen molar-refractivity contribution < 1.29 is 59.0 Å². The largest absolute Gasteiger partial charge is 0.508 e. The molecule has 260 valence electrons. The summed E-state index contributed by atoms with van der Waals surface area (Å²) in [5.74, 6) is -2.23. The zero-order valence-corrected chi connectivity index (χ0v) is 26.2. The zero-order valence-electron chi connectivity index (χ0n) is 26.2. The number of benzene rings is 2. The Balaban J connectivity index is 1.66. The molecule has 2 heterocycles. The van der Waals surface area contributed by atoms with Crippen LogP contribution in [-0.4, -0.2) is 103 Å². The quantitative estimate of drug-likeness (QED) is 0.0881. The Morgan fingerprint density at radius 2 is 1.67 bits per heavy atom. The lowest BCUT2D eigenvalue weighted by Gasteiger charge is -2.52. The number of hydrogen-bond donors (Lipinski definition) is 8. The minimum absolute atomic E-state index is 0.0381. The number of ether oxygens (including phenoxy) is 2. The van der Waals surface area contributed by atoms with E-state index in [9.17, 15) is 45.1 Å². The fourth-order valence-corrected chi connectivity index (χ4v) is 5.41. The first kappa shape index (κ1) is 36.3. The van der Waals surface area contributed by atoms with Crippen molar-refractivity contribution in [3.05, 3.63) is 89.9 Å². The molecule has 0 unspecified atom stereocenters. The number of amides is 2. The van der Waals surface area contributed by atoms with Crippen molar-refractivity contribution in [2.45, 2.75) is 74.8 Å². The molecule has 0 radical (unpaired) electrons. The van der Waals surface area contributed by atoms with Crippen molar-refractivity contribution in [1.29, 1.82) is 0 Å². The topological polar surface area (TPSA) is 231 Å². The first-order chi connectivity index (χ1) is 23.0. The molecule has 3 aromatic rings. The number of nitrogens with one attached hydrogen (secondary N) is 2. The van der Waals surface area contributed by atoms with Crippen LogP contribution >= 0.6 is 0 Å². The lowest BCUT2D eigenvalue weighted by atomic mass is 9.75. The number of phenols is 1. The normalized spacial score (nSPS) is 23.9. The Hall–Kier alpha value is -4.51. The predicted octanol–water partition coefficient (Wildman–Crippen LogP) is 0.911. The third-order valence-electron chi connectivity index (χ3n) is 8.16. The fourth-order valence-electron chi connectivity index (χ4n) is 5.41. The van der Waals surface area contributed by atoms with Crippen LogP contribution in [0.4, 0.5) is 4.79 Å². The van der Waals surface area contributed by atoms with Gasteiger partial charge in [0, 0.05) is 6.42 Å². The lowest BCUT2D eigenvalue weighted by Crippen LogP contribution is -2.75. The molecule has 1 aliphatic rings. The smallest absolute Gasteiger partial charge is 0.408 e. The van der Waals surface area contributed by atoms with Gasteiger partial charge < -0.3 is 55.3 Å². The van der Waals surface area contributed by atoms with Gasteiger partial charge >= 0.3 is 12.1 Å². The first-order valence-electron chi connectivity index (χ1n) is 15.4. The molecule has 0 saturated carbocycles. The van der Waals surface area contributed by atoms with Gasteiger partial charge in [-0.1, -0.05) is 55.8 Å². The molecule has 8 N–H and O–H groups in total. The van der Waals surface area contributed by atoms with E-state index in [0.29, 0.717) is 29.0 Å². The lowest BCUT2D eigenvalue weighted by molar-refractivity contribution is -0.311. The van der Waals surface area contributed by atoms with E-state index in [1.807, 2.05) is 6.92 Å². The summed E-state index contributed by atoms with van der Waals surface area (Å²) >= 11 is 0. The fraction of sp³-hybridized carbons (Fsp3) is 0.424. The van der Waals surface area contributed by atoms with Gasteiger partial charge in [0.15, 0.2) is 0 Å². The molecule has 48 heavy (non-hydrogen) atoms. The highest BCUT2D eigenvalue weighted by Crippen LogP contribution is 2.40. The second-order valence-electron chi connectivity index (χ2n) is 11.5. The Morgan fingerprint density at radius 1 is 0.958 bits per heavy atom. The molecule has 15 heteroatoms. The molecule has 4 rings (SSSR count). The summed E-state index contributed by atoms with van der Waals surface area (Å²) in [5, 5.41) is 70.0. The van der Waals surface area contributed by atoms with Crippen LogP contribution in [0.25, 0.3) is 0 Å². The van der Waals surface area contributed by atoms with Gasteiger partial charge in [-0.25, -0.2) is 9.59 Å². The van der Waals surface area contributed by atoms with Crippen LogP contribution in [0, 0.1) is 0 Å². The number of unbranched alkanes of at least 4 members (excludes halogenated alkanes) is 1. The van der Waals surface area contributed by atoms with Crippen LogP contribution < -0.4 is 10.6 Å². The maximum absolute atomic E-state index is 13.9. The van der Waals surface area contributed by atoms with Crippen molar-refractivity contribution in [3.63, 3.8) is 0 Å². The predicted molar refractivity (Wildman–Crippen MR) is 166 cm³/mol. The van der Waals surface area contributed by atoms with Crippen molar-refractivity contribution in [1.82, 2.24) is 15.7 Å². The zero-order chi connectivity index (χ0) is 34.8. The van der Waals surface area contributed by atoms with Gasteiger partial charge in [0.2, 0.25) is 5.91 Å². The van der Waals surface area contributed by atoms with Gasteiger partial charge in [0.25, 0.3) is 0 Å². The minimum atomic E-state index is -2.71. The number of carbonyl (C=O) groups is 3. The number of esters is 1. The summed E-state index contributed by atoms with van der Waals surface area (Å²) in [6.45, 7) is 0.434. The van der Waals surface area contributed by atoms with Gasteiger partial charge in [0.05, 0.1) is 25.5 Å². The number of piperidine rings is 1. The van der Waals surface area contributed by atoms with E-state index in [4.69, 9.17) is 13.9 Å². The average Bonchev–Trinajstić information content (AvgIpc) is 3.61. The first-order valence-corrected chi connectivity index (χ1v) is 15.4. The third kappa shape index (κ3) is 8.49. The Morgan fingerprint density at radius 3 is 2.29 bits per heavy atom. The average molecular weight is 672 g/mol. The molecule has 1 aliphatic heterocycles. The van der Waals surface area contributed by atoms with Crippen LogP contribution in [0.5, 0.6) is 5.75 Å². The molecule has 0 aliphatic carbocycles. The van der Waals surface area contributed by atoms with Crippen molar-refractivity contribution in [2.24, 2.45) is 0 Å². The molecule has 0 spiro atoms. The number of alkyl carbamates (subject to hydrolysis) is 1. The number of rotatable bonds is 14. The highest BCUT2D eigenvalue weighted by atomic mass is 16.6. The van der Waals surface area contributed by atoms with Crippen LogP contribution in [-0.2, 0) is 32.1 Å². The monoisotopic (exact) mass is 671 g/mol. The van der Waals surface area contributed by atoms with E-state index >= 15 is 0 Å². The van der Waals surface area contributed by atoms with Crippen molar-refractivity contribution in [2.75, 3.05) is 13.2 Å². The number of hydrogen-bond acceptors (Lipinski definition) is 13. The highest BCUT2D eigenvalue weighted by Gasteiger charge is 2.61. The van der Waals surface area contributed by atoms with E-state index in [1.54, 1.807) is 30.3 Å². The van der Waals surface area contributed by atoms with Crippen LogP contribution in [0.1, 0.15) is 42.7 Å². The standard InChI is InChI=1S/C33H41N3O12/c1-2-3-15-47-31(42)25(27-29(40)33(44,19-37)28(39)26(36(27)45)24-10-7-16-46-24)35-30(41)23(17-20-11-13-22(38)14-12-20)34-32(43)48-18-21-8-5-4-6-9-21/h4-14,16,23,25-29,37-40,44-45H,2-3,15,17-19H2,1H3,(H,34,43)(H,35,41)/t23-,25-,26-,27-,28-,29-,33-/m0/s1. The van der Waals surface area contributed by atoms with Gasteiger partial charge in [-0.15, -0.1) is 0 Å². The van der Waals surface area contributed by atoms with Gasteiger partial charge in [-0.2, -0.15) is 5.06 Å². The SMILES string of the molecule is CCCCOC(=O)[C@@H](NC(=O)[C@H](Cc1ccc(O)cc1)NC(=O)OCc1ccccc1)[C@H]1[C@H](O)[C@](O)(CO)[C@@H](O)[C@H](c2ccco2)N1O. The Kier molecular flexibility index (Phi) is 12.5. The van der Waals surface area contributed by atoms with Crippen LogP contribution in [0.2, 0.25) is 0 Å². The summed E-state index contributed by atoms with van der Waals surface area (Å²) in [7, 11) is 0.